The Kier molecular flexibility index (Phi) is 9.55. The van der Waals surface area contributed by atoms with Crippen LogP contribution in [0.1, 0.15) is 73.5 Å². The van der Waals surface area contributed by atoms with Gasteiger partial charge in [-0.1, -0.05) is 52.0 Å². The van der Waals surface area contributed by atoms with E-state index < -0.39 is 12.0 Å². The number of Topliss-reactive ketones (excluding diaryl/α,β-unsaturated/α-hetero) is 1. The van der Waals surface area contributed by atoms with Gasteiger partial charge in [0.2, 0.25) is 0 Å². The van der Waals surface area contributed by atoms with Crippen LogP contribution >= 0.6 is 0 Å². The van der Waals surface area contributed by atoms with E-state index in [9.17, 15) is 19.8 Å². The Morgan fingerprint density at radius 1 is 1.12 bits per heavy atom. The van der Waals surface area contributed by atoms with Crippen LogP contribution in [0.3, 0.4) is 0 Å². The van der Waals surface area contributed by atoms with E-state index in [1.54, 1.807) is 18.3 Å². The molecule has 2 aromatic carbocycles. The molecular formula is C33H40N4O4. The highest BCUT2D eigenvalue weighted by Crippen LogP contribution is 2.34. The van der Waals surface area contributed by atoms with Crippen LogP contribution in [-0.4, -0.2) is 58.5 Å². The van der Waals surface area contributed by atoms with Crippen LogP contribution in [0.15, 0.2) is 65.9 Å². The summed E-state index contributed by atoms with van der Waals surface area (Å²) < 4.78 is 0. The number of ketones is 1. The molecule has 0 aliphatic carbocycles. The lowest BCUT2D eigenvalue weighted by Crippen LogP contribution is -2.39. The predicted molar refractivity (Wildman–Crippen MR) is 161 cm³/mol. The minimum Gasteiger partial charge on any atom is -0.508 e. The summed E-state index contributed by atoms with van der Waals surface area (Å²) in [5.74, 6) is 0.173. The maximum Gasteiger partial charge on any atom is 0.251 e. The predicted octanol–water partition coefficient (Wildman–Crippen LogP) is 4.54. The number of aliphatic hydroxyl groups is 1. The number of nitrogens with one attached hydrogen (secondary N) is 2. The molecule has 4 rings (SSSR count). The van der Waals surface area contributed by atoms with Gasteiger partial charge >= 0.3 is 0 Å². The molecule has 8 heteroatoms. The molecule has 4 N–H and O–H groups in total. The Hall–Kier alpha value is -4.04. The lowest BCUT2D eigenvalue weighted by atomic mass is 9.81. The van der Waals surface area contributed by atoms with Crippen LogP contribution in [0.4, 0.5) is 0 Å². The summed E-state index contributed by atoms with van der Waals surface area (Å²) in [5, 5.41) is 25.6. The number of amidine groups is 1. The van der Waals surface area contributed by atoms with Crippen molar-refractivity contribution in [3.8, 4) is 16.9 Å². The first kappa shape index (κ1) is 29.9. The molecule has 0 fully saturated rings. The molecule has 0 spiro atoms. The molecular weight excluding hydrogens is 516 g/mol. The quantitative estimate of drug-likeness (QED) is 0.291. The number of phenols is 1. The average Bonchev–Trinajstić information content (AvgIpc) is 2.95. The van der Waals surface area contributed by atoms with E-state index in [0.29, 0.717) is 37.3 Å². The standard InChI is InChI=1S/C33H40N4O4/c1-5-22(24-12-25(23-7-6-8-34-17-23)14-27(13-24)33(2,3)4)15-29(39)18-37-32(41)26-9-21(10-28(38)16-26)11-31-35-19-30(40)20-36-31/h6-10,12-14,16-17,22,30,38,40H,5,11,15,18-20H2,1-4H3,(H,35,36)(H,37,41)/t22-/m1/s1. The summed E-state index contributed by atoms with van der Waals surface area (Å²) in [5.41, 5.74) is 5.31. The zero-order chi connectivity index (χ0) is 29.6. The molecule has 8 nitrogen and oxygen atoms in total. The smallest absolute Gasteiger partial charge is 0.251 e. The first-order valence-electron chi connectivity index (χ1n) is 14.2. The van der Waals surface area contributed by atoms with Crippen molar-refractivity contribution in [1.29, 1.82) is 0 Å². The largest absolute Gasteiger partial charge is 0.508 e. The molecule has 1 aliphatic heterocycles. The maximum atomic E-state index is 13.1. The summed E-state index contributed by atoms with van der Waals surface area (Å²) >= 11 is 0. The monoisotopic (exact) mass is 556 g/mol. The molecule has 1 amide bonds. The number of rotatable bonds is 10. The van der Waals surface area contributed by atoms with E-state index in [4.69, 9.17) is 0 Å². The third-order valence-electron chi connectivity index (χ3n) is 7.35. The van der Waals surface area contributed by atoms with Gasteiger partial charge in [0.05, 0.1) is 19.2 Å². The van der Waals surface area contributed by atoms with Crippen molar-refractivity contribution in [1.82, 2.24) is 15.6 Å². The molecule has 1 aromatic heterocycles. The van der Waals surface area contributed by atoms with Crippen molar-refractivity contribution in [2.75, 3.05) is 19.6 Å². The van der Waals surface area contributed by atoms with Crippen molar-refractivity contribution in [3.05, 3.63) is 83.2 Å². The van der Waals surface area contributed by atoms with Crippen molar-refractivity contribution in [2.45, 2.75) is 64.4 Å². The number of aromatic nitrogens is 1. The number of hydrogen-bond donors (Lipinski definition) is 4. The summed E-state index contributed by atoms with van der Waals surface area (Å²) in [4.78, 5) is 34.5. The van der Waals surface area contributed by atoms with Crippen LogP contribution < -0.4 is 10.6 Å². The number of pyridine rings is 1. The number of carbonyl (C=O) groups excluding carboxylic acids is 2. The summed E-state index contributed by atoms with van der Waals surface area (Å²) in [6.45, 7) is 9.24. The van der Waals surface area contributed by atoms with Crippen molar-refractivity contribution < 1.29 is 19.8 Å². The van der Waals surface area contributed by atoms with E-state index in [2.05, 4.69) is 66.5 Å². The second kappa shape index (κ2) is 13.1. The Bertz CT molecular complexity index is 1410. The van der Waals surface area contributed by atoms with Gasteiger partial charge in [-0.25, -0.2) is 0 Å². The molecule has 2 atom stereocenters. The number of hydrogen-bond acceptors (Lipinski definition) is 7. The van der Waals surface area contributed by atoms with Gasteiger partial charge in [-0.3, -0.25) is 19.6 Å². The van der Waals surface area contributed by atoms with E-state index in [-0.39, 0.29) is 35.0 Å². The number of aliphatic hydroxyl groups excluding tert-OH is 1. The van der Waals surface area contributed by atoms with E-state index >= 15 is 0 Å². The third kappa shape index (κ3) is 8.24. The van der Waals surface area contributed by atoms with Crippen LogP contribution in [0.5, 0.6) is 5.75 Å². The first-order chi connectivity index (χ1) is 19.5. The number of β-amino-alcohol motifs (C(OH)–C–C–N with tert-alkyl or cyclic N) is 1. The van der Waals surface area contributed by atoms with Gasteiger partial charge in [0.1, 0.15) is 11.6 Å². The lowest BCUT2D eigenvalue weighted by Gasteiger charge is -2.24. The average molecular weight is 557 g/mol. The van der Waals surface area contributed by atoms with Crippen molar-refractivity contribution in [3.63, 3.8) is 0 Å². The van der Waals surface area contributed by atoms with E-state index in [0.717, 1.165) is 23.1 Å². The second-order valence-corrected chi connectivity index (χ2v) is 11.8. The maximum absolute atomic E-state index is 13.1. The Balaban J connectivity index is 1.43. The van der Waals surface area contributed by atoms with Crippen molar-refractivity contribution in [2.24, 2.45) is 4.99 Å². The zero-order valence-electron chi connectivity index (χ0n) is 24.3. The molecule has 3 aromatic rings. The fourth-order valence-corrected chi connectivity index (χ4v) is 4.94. The van der Waals surface area contributed by atoms with Gasteiger partial charge in [0.15, 0.2) is 5.78 Å². The van der Waals surface area contributed by atoms with Gasteiger partial charge in [-0.15, -0.1) is 0 Å². The normalized spacial score (nSPS) is 15.9. The van der Waals surface area contributed by atoms with Gasteiger partial charge in [-0.2, -0.15) is 0 Å². The minimum atomic E-state index is -0.514. The van der Waals surface area contributed by atoms with Gasteiger partial charge in [0.25, 0.3) is 5.91 Å². The molecule has 1 unspecified atom stereocenters. The number of carbonyl (C=O) groups is 2. The molecule has 0 radical (unpaired) electrons. The SMILES string of the molecule is CC[C@H](CC(=O)CNC(=O)c1cc(O)cc(CC2=NCC(O)CN2)c1)c1cc(-c2cccnc2)cc(C(C)(C)C)c1. The first-order valence-corrected chi connectivity index (χ1v) is 14.2. The molecule has 2 heterocycles. The summed E-state index contributed by atoms with van der Waals surface area (Å²) in [7, 11) is 0. The van der Waals surface area contributed by atoms with Crippen molar-refractivity contribution >= 4 is 17.5 Å². The minimum absolute atomic E-state index is 0.00628. The molecule has 0 saturated heterocycles. The number of amides is 1. The molecule has 1 aliphatic rings. The fourth-order valence-electron chi connectivity index (χ4n) is 4.94. The van der Waals surface area contributed by atoms with Gasteiger partial charge in [0, 0.05) is 42.9 Å². The Morgan fingerprint density at radius 2 is 1.93 bits per heavy atom. The number of aromatic hydroxyl groups is 1. The van der Waals surface area contributed by atoms with Crippen LogP contribution in [0.25, 0.3) is 11.1 Å². The topological polar surface area (TPSA) is 124 Å². The highest BCUT2D eigenvalue weighted by Gasteiger charge is 2.21. The van der Waals surface area contributed by atoms with Gasteiger partial charge in [-0.05, 0) is 64.3 Å². The number of nitrogens with zero attached hydrogens (tertiary/aromatic N) is 2. The molecule has 0 bridgehead atoms. The highest BCUT2D eigenvalue weighted by molar-refractivity contribution is 5.97. The zero-order valence-corrected chi connectivity index (χ0v) is 24.3. The third-order valence-corrected chi connectivity index (χ3v) is 7.35. The summed E-state index contributed by atoms with van der Waals surface area (Å²) in [6, 6.07) is 15.1. The molecule has 0 saturated carbocycles. The molecule has 216 valence electrons. The van der Waals surface area contributed by atoms with Crippen LogP contribution in [0, 0.1) is 0 Å². The number of phenolic OH excluding ortho intramolecular Hbond substituents is 1. The number of aliphatic imine (C=N–C) groups is 1. The highest BCUT2D eigenvalue weighted by atomic mass is 16.3. The second-order valence-electron chi connectivity index (χ2n) is 11.8. The van der Waals surface area contributed by atoms with Crippen LogP contribution in [0.2, 0.25) is 0 Å². The van der Waals surface area contributed by atoms with E-state index in [1.165, 1.54) is 11.6 Å². The van der Waals surface area contributed by atoms with Gasteiger partial charge < -0.3 is 20.8 Å². The van der Waals surface area contributed by atoms with Crippen LogP contribution in [-0.2, 0) is 16.6 Å². The van der Waals surface area contributed by atoms with E-state index in [1.807, 2.05) is 18.3 Å². The molecule has 41 heavy (non-hydrogen) atoms. The summed E-state index contributed by atoms with van der Waals surface area (Å²) in [6.07, 6.45) is 4.58. The Morgan fingerprint density at radius 3 is 2.59 bits per heavy atom. The fraction of sp³-hybridized carbons (Fsp3) is 0.394. The number of benzene rings is 2. The Labute approximate surface area is 242 Å². The lowest BCUT2D eigenvalue weighted by molar-refractivity contribution is -0.118.